The van der Waals surface area contributed by atoms with E-state index in [1.807, 2.05) is 0 Å². The Morgan fingerprint density at radius 3 is 2.47 bits per heavy atom. The monoisotopic (exact) mass is 500 g/mol. The Morgan fingerprint density at radius 1 is 1.24 bits per heavy atom. The van der Waals surface area contributed by atoms with Crippen LogP contribution in [-0.2, 0) is 25.2 Å². The molecule has 1 fully saturated rings. The van der Waals surface area contributed by atoms with E-state index in [1.54, 1.807) is 0 Å². The van der Waals surface area contributed by atoms with E-state index < -0.39 is 58.2 Å². The van der Waals surface area contributed by atoms with Crippen LogP contribution in [0.1, 0.15) is 22.3 Å². The molecule has 0 aromatic heterocycles. The van der Waals surface area contributed by atoms with Crippen molar-refractivity contribution in [2.75, 3.05) is 25.1 Å². The molecule has 1 aliphatic rings. The van der Waals surface area contributed by atoms with E-state index in [9.17, 15) is 32.7 Å². The number of aliphatic hydroxyl groups excluding tert-OH is 1. The van der Waals surface area contributed by atoms with Gasteiger partial charge in [0.2, 0.25) is 5.91 Å². The Bertz CT molecular complexity index is 982. The Kier molecular flexibility index (Phi) is 9.33. The molecule has 0 saturated carbocycles. The van der Waals surface area contributed by atoms with E-state index >= 15 is 0 Å². The molecule has 8 nitrogen and oxygen atoms in total. The summed E-state index contributed by atoms with van der Waals surface area (Å²) in [6.07, 6.45) is -2.07. The first-order valence-corrected chi connectivity index (χ1v) is 10.4. The molecule has 1 saturated heterocycles. The van der Waals surface area contributed by atoms with Crippen LogP contribution in [-0.4, -0.2) is 53.8 Å². The van der Waals surface area contributed by atoms with Gasteiger partial charge in [0.15, 0.2) is 5.05 Å². The van der Waals surface area contributed by atoms with Crippen molar-refractivity contribution < 1.29 is 42.1 Å². The van der Waals surface area contributed by atoms with Crippen molar-refractivity contribution in [2.45, 2.75) is 18.6 Å². The molecular formula is C22H23F3N2O6S. The number of carbonyl (C=O) groups excluding carboxylic acids is 3. The lowest BCUT2D eigenvalue weighted by molar-refractivity contribution is -0.146. The number of benzene rings is 1. The molecule has 0 aliphatic carbocycles. The number of amides is 1. The van der Waals surface area contributed by atoms with Crippen molar-refractivity contribution in [1.29, 1.82) is 0 Å². The van der Waals surface area contributed by atoms with Gasteiger partial charge < -0.3 is 25.2 Å². The van der Waals surface area contributed by atoms with Gasteiger partial charge in [0.05, 0.1) is 22.9 Å². The number of ether oxygens (including phenoxy) is 2. The van der Waals surface area contributed by atoms with E-state index in [0.29, 0.717) is 12.1 Å². The van der Waals surface area contributed by atoms with Crippen LogP contribution in [0.15, 0.2) is 43.5 Å². The number of thiocarbonyl (C=S) groups is 1. The summed E-state index contributed by atoms with van der Waals surface area (Å²) in [5, 5.41) is 14.3. The fourth-order valence-electron chi connectivity index (χ4n) is 3.38. The predicted molar refractivity (Wildman–Crippen MR) is 120 cm³/mol. The van der Waals surface area contributed by atoms with Gasteiger partial charge in [0, 0.05) is 6.54 Å². The fourth-order valence-corrected chi connectivity index (χ4v) is 3.67. The Balaban J connectivity index is 2.21. The maximum Gasteiger partial charge on any atom is 0.416 e. The van der Waals surface area contributed by atoms with Gasteiger partial charge in [-0.3, -0.25) is 9.59 Å². The van der Waals surface area contributed by atoms with Crippen molar-refractivity contribution in [2.24, 2.45) is 11.8 Å². The molecule has 3 atom stereocenters. The van der Waals surface area contributed by atoms with Crippen LogP contribution in [0, 0.1) is 11.8 Å². The van der Waals surface area contributed by atoms with Crippen molar-refractivity contribution in [3.63, 3.8) is 0 Å². The third-order valence-electron chi connectivity index (χ3n) is 4.97. The van der Waals surface area contributed by atoms with Crippen LogP contribution >= 0.6 is 12.2 Å². The fraction of sp³-hybridized carbons (Fsp3) is 0.364. The number of nitrogens with one attached hydrogen (secondary N) is 2. The molecule has 1 aliphatic heterocycles. The van der Waals surface area contributed by atoms with Gasteiger partial charge in [-0.15, -0.1) is 0 Å². The van der Waals surface area contributed by atoms with E-state index in [2.05, 4.69) is 23.8 Å². The summed E-state index contributed by atoms with van der Waals surface area (Å²) in [5.41, 5.74) is -1.74. The van der Waals surface area contributed by atoms with Crippen molar-refractivity contribution >= 4 is 40.8 Å². The molecule has 0 bridgehead atoms. The summed E-state index contributed by atoms with van der Waals surface area (Å²) in [6.45, 7) is 6.64. The largest absolute Gasteiger partial charge is 0.501 e. The number of hydrogen-bond acceptors (Lipinski definition) is 7. The first-order chi connectivity index (χ1) is 16.0. The van der Waals surface area contributed by atoms with Gasteiger partial charge >= 0.3 is 18.1 Å². The molecule has 0 radical (unpaired) electrons. The second-order valence-electron chi connectivity index (χ2n) is 7.33. The normalized spacial score (nSPS) is 18.4. The van der Waals surface area contributed by atoms with Crippen LogP contribution in [0.5, 0.6) is 0 Å². The first-order valence-electron chi connectivity index (χ1n) is 10.0. The summed E-state index contributed by atoms with van der Waals surface area (Å²) < 4.78 is 49.4. The number of rotatable bonds is 10. The summed E-state index contributed by atoms with van der Waals surface area (Å²) in [4.78, 5) is 37.3. The van der Waals surface area contributed by atoms with Crippen molar-refractivity contribution in [1.82, 2.24) is 5.32 Å². The quantitative estimate of drug-likeness (QED) is 0.255. The number of aliphatic hydroxyl groups is 1. The van der Waals surface area contributed by atoms with Crippen LogP contribution < -0.4 is 10.6 Å². The molecule has 1 amide bonds. The van der Waals surface area contributed by atoms with E-state index in [1.165, 1.54) is 12.2 Å². The van der Waals surface area contributed by atoms with Gasteiger partial charge in [-0.25, -0.2) is 4.79 Å². The number of carbonyl (C=O) groups is 3. The molecule has 12 heteroatoms. The molecule has 1 aromatic carbocycles. The van der Waals surface area contributed by atoms with Gasteiger partial charge in [0.25, 0.3) is 0 Å². The maximum atomic E-state index is 13.2. The molecule has 1 aromatic rings. The molecule has 2 rings (SSSR count). The number of halogens is 3. The molecular weight excluding hydrogens is 477 g/mol. The second-order valence-corrected chi connectivity index (χ2v) is 7.74. The third-order valence-corrected chi connectivity index (χ3v) is 5.23. The van der Waals surface area contributed by atoms with Crippen LogP contribution in [0.25, 0.3) is 0 Å². The van der Waals surface area contributed by atoms with Gasteiger partial charge in [-0.1, -0.05) is 25.3 Å². The van der Waals surface area contributed by atoms with Crippen LogP contribution in [0.2, 0.25) is 0 Å². The lowest BCUT2D eigenvalue weighted by atomic mass is 9.90. The minimum absolute atomic E-state index is 0.0234. The van der Waals surface area contributed by atoms with Gasteiger partial charge in [0.1, 0.15) is 19.1 Å². The summed E-state index contributed by atoms with van der Waals surface area (Å²) in [6, 6.07) is 1.30. The second kappa shape index (κ2) is 11.7. The predicted octanol–water partition coefficient (Wildman–Crippen LogP) is 3.20. The summed E-state index contributed by atoms with van der Waals surface area (Å²) in [7, 11) is 0. The zero-order chi connectivity index (χ0) is 25.5. The highest BCUT2D eigenvalue weighted by Crippen LogP contribution is 2.33. The lowest BCUT2D eigenvalue weighted by Crippen LogP contribution is -2.36. The average molecular weight is 500 g/mol. The first kappa shape index (κ1) is 27.0. The van der Waals surface area contributed by atoms with Gasteiger partial charge in [-0.05, 0) is 42.8 Å². The highest BCUT2D eigenvalue weighted by atomic mass is 32.1. The minimum Gasteiger partial charge on any atom is -0.501 e. The molecule has 0 spiro atoms. The topological polar surface area (TPSA) is 114 Å². The molecule has 3 N–H and O–H groups in total. The highest BCUT2D eigenvalue weighted by Gasteiger charge is 2.41. The van der Waals surface area contributed by atoms with Gasteiger partial charge in [-0.2, -0.15) is 13.2 Å². The SMILES string of the molecule is C=CCOC(=O)c1ccc(C(F)(F)F)cc1NC(=O)C1C[C@@H]([C@@H](C(=O)OCC=C)C(O)=S)CN1. The molecule has 1 unspecified atom stereocenters. The van der Waals surface area contributed by atoms with E-state index in [0.717, 1.165) is 6.07 Å². The van der Waals surface area contributed by atoms with Crippen molar-refractivity contribution in [3.8, 4) is 0 Å². The van der Waals surface area contributed by atoms with E-state index in [4.69, 9.17) is 21.7 Å². The van der Waals surface area contributed by atoms with E-state index in [-0.39, 0.29) is 31.7 Å². The number of anilines is 1. The average Bonchev–Trinajstić information content (AvgIpc) is 3.24. The number of alkyl halides is 3. The smallest absolute Gasteiger partial charge is 0.416 e. The molecule has 34 heavy (non-hydrogen) atoms. The Morgan fingerprint density at radius 2 is 1.88 bits per heavy atom. The maximum absolute atomic E-state index is 13.2. The molecule has 184 valence electrons. The summed E-state index contributed by atoms with van der Waals surface area (Å²) in [5.74, 6) is -4.27. The zero-order valence-electron chi connectivity index (χ0n) is 17.9. The Hall–Kier alpha value is -3.25. The third kappa shape index (κ3) is 6.87. The zero-order valence-corrected chi connectivity index (χ0v) is 18.7. The molecule has 1 heterocycles. The lowest BCUT2D eigenvalue weighted by Gasteiger charge is -2.19. The Labute approximate surface area is 198 Å². The number of esters is 2. The summed E-state index contributed by atoms with van der Waals surface area (Å²) >= 11 is 4.75. The number of hydrogen-bond donors (Lipinski definition) is 3. The highest BCUT2D eigenvalue weighted by molar-refractivity contribution is 7.80. The van der Waals surface area contributed by atoms with Crippen LogP contribution in [0.4, 0.5) is 18.9 Å². The minimum atomic E-state index is -4.71. The van der Waals surface area contributed by atoms with Crippen molar-refractivity contribution in [3.05, 3.63) is 54.6 Å². The standard InChI is InChI=1S/C22H23F3N2O6S/c1-3-7-32-19(29)14-6-5-13(22(23,24)25)10-15(14)27-18(28)16-9-12(11-26-16)17(21(31)34)20(30)33-8-4-2/h3-6,10,12,16-17,26H,1-2,7-9,11H2,(H,27,28)(H,31,34)/t12-,16?,17+/m1/s1. The van der Waals surface area contributed by atoms with Crippen LogP contribution in [0.3, 0.4) is 0 Å².